The second-order valence-corrected chi connectivity index (χ2v) is 6.82. The van der Waals surface area contributed by atoms with Crippen molar-refractivity contribution >= 4 is 0 Å². The Balaban J connectivity index is 2.73. The van der Waals surface area contributed by atoms with Gasteiger partial charge in [0.15, 0.2) is 0 Å². The van der Waals surface area contributed by atoms with Gasteiger partial charge in [0.1, 0.15) is 0 Å². The fourth-order valence-electron chi connectivity index (χ4n) is 2.26. The van der Waals surface area contributed by atoms with Crippen LogP contribution in [0.4, 0.5) is 0 Å². The topological polar surface area (TPSA) is 0 Å². The average Bonchev–Trinajstić information content (AvgIpc) is 2.01. The van der Waals surface area contributed by atoms with Crippen LogP contribution in [0.3, 0.4) is 0 Å². The van der Waals surface area contributed by atoms with Crippen LogP contribution in [-0.2, 0) is 0 Å². The molecule has 0 amide bonds. The Bertz CT molecular complexity index is 219. The van der Waals surface area contributed by atoms with Gasteiger partial charge in [-0.05, 0) is 36.0 Å². The van der Waals surface area contributed by atoms with Gasteiger partial charge in [0.25, 0.3) is 0 Å². The molecular weight excluding hydrogens is 168 g/mol. The standard InChI is InChI=1S/C14H26/c1-13(2,3)11-8-7-9-12(10-11)14(4,5)6/h8,12H,7,9-10H2,1-6H3. The molecule has 0 aromatic heterocycles. The van der Waals surface area contributed by atoms with Gasteiger partial charge in [-0.15, -0.1) is 0 Å². The second-order valence-electron chi connectivity index (χ2n) is 6.82. The second kappa shape index (κ2) is 3.72. The van der Waals surface area contributed by atoms with E-state index in [1.807, 2.05) is 0 Å². The van der Waals surface area contributed by atoms with Crippen molar-refractivity contribution in [3.63, 3.8) is 0 Å². The van der Waals surface area contributed by atoms with Crippen LogP contribution in [0, 0.1) is 16.7 Å². The third-order valence-electron chi connectivity index (χ3n) is 3.56. The van der Waals surface area contributed by atoms with Gasteiger partial charge in [0, 0.05) is 0 Å². The summed E-state index contributed by atoms with van der Waals surface area (Å²) in [5.74, 6) is 0.877. The zero-order valence-electron chi connectivity index (χ0n) is 10.8. The molecule has 82 valence electrons. The molecule has 0 spiro atoms. The molecule has 1 unspecified atom stereocenters. The largest absolute Gasteiger partial charge is 0.0848 e. The zero-order valence-corrected chi connectivity index (χ0v) is 10.8. The molecule has 0 heterocycles. The summed E-state index contributed by atoms with van der Waals surface area (Å²) in [4.78, 5) is 0. The molecule has 0 nitrogen and oxygen atoms in total. The Labute approximate surface area is 89.8 Å². The number of hydrogen-bond acceptors (Lipinski definition) is 0. The molecule has 0 aromatic rings. The van der Waals surface area contributed by atoms with E-state index in [4.69, 9.17) is 0 Å². The zero-order chi connectivity index (χ0) is 11.0. The van der Waals surface area contributed by atoms with E-state index in [1.165, 1.54) is 19.3 Å². The van der Waals surface area contributed by atoms with Gasteiger partial charge < -0.3 is 0 Å². The first-order valence-corrected chi connectivity index (χ1v) is 5.91. The summed E-state index contributed by atoms with van der Waals surface area (Å²) in [6.07, 6.45) is 6.45. The molecule has 1 rings (SSSR count). The lowest BCUT2D eigenvalue weighted by molar-refractivity contribution is 0.206. The van der Waals surface area contributed by atoms with Crippen molar-refractivity contribution < 1.29 is 0 Å². The van der Waals surface area contributed by atoms with Crippen LogP contribution in [0.25, 0.3) is 0 Å². The summed E-state index contributed by atoms with van der Waals surface area (Å²) in [6.45, 7) is 14.1. The summed E-state index contributed by atoms with van der Waals surface area (Å²) in [5.41, 5.74) is 2.53. The quantitative estimate of drug-likeness (QED) is 0.486. The van der Waals surface area contributed by atoms with Gasteiger partial charge >= 0.3 is 0 Å². The monoisotopic (exact) mass is 194 g/mol. The highest BCUT2D eigenvalue weighted by atomic mass is 14.4. The highest BCUT2D eigenvalue weighted by Gasteiger charge is 2.30. The van der Waals surface area contributed by atoms with Crippen LogP contribution < -0.4 is 0 Å². The molecule has 0 bridgehead atoms. The molecule has 0 heteroatoms. The van der Waals surface area contributed by atoms with Crippen molar-refractivity contribution in [2.24, 2.45) is 16.7 Å². The van der Waals surface area contributed by atoms with Crippen molar-refractivity contribution in [1.29, 1.82) is 0 Å². The van der Waals surface area contributed by atoms with Crippen molar-refractivity contribution in [1.82, 2.24) is 0 Å². The van der Waals surface area contributed by atoms with E-state index < -0.39 is 0 Å². The maximum absolute atomic E-state index is 2.47. The smallest absolute Gasteiger partial charge is 0.0173 e. The first-order chi connectivity index (χ1) is 6.21. The summed E-state index contributed by atoms with van der Waals surface area (Å²) < 4.78 is 0. The normalized spacial score (nSPS) is 24.7. The maximum Gasteiger partial charge on any atom is -0.0173 e. The van der Waals surface area contributed by atoms with Crippen LogP contribution in [0.1, 0.15) is 60.8 Å². The maximum atomic E-state index is 2.47. The molecule has 1 atom stereocenters. The van der Waals surface area contributed by atoms with E-state index in [9.17, 15) is 0 Å². The van der Waals surface area contributed by atoms with Gasteiger partial charge in [-0.2, -0.15) is 0 Å². The molecule has 0 radical (unpaired) electrons. The third-order valence-corrected chi connectivity index (χ3v) is 3.56. The molecule has 0 aliphatic heterocycles. The Hall–Kier alpha value is -0.260. The minimum atomic E-state index is 0.379. The number of hydrogen-bond donors (Lipinski definition) is 0. The van der Waals surface area contributed by atoms with Crippen LogP contribution in [0.5, 0.6) is 0 Å². The molecule has 0 fully saturated rings. The lowest BCUT2D eigenvalue weighted by Gasteiger charge is -2.37. The summed E-state index contributed by atoms with van der Waals surface area (Å²) in [5, 5.41) is 0. The fraction of sp³-hybridized carbons (Fsp3) is 0.857. The lowest BCUT2D eigenvalue weighted by Crippen LogP contribution is -2.26. The first-order valence-electron chi connectivity index (χ1n) is 5.91. The molecule has 0 saturated carbocycles. The molecule has 14 heavy (non-hydrogen) atoms. The van der Waals surface area contributed by atoms with E-state index in [0.29, 0.717) is 10.8 Å². The van der Waals surface area contributed by atoms with Crippen LogP contribution in [0.2, 0.25) is 0 Å². The van der Waals surface area contributed by atoms with Gasteiger partial charge in [-0.3, -0.25) is 0 Å². The third kappa shape index (κ3) is 2.87. The summed E-state index contributed by atoms with van der Waals surface area (Å²) in [6, 6.07) is 0. The Morgan fingerprint density at radius 3 is 2.07 bits per heavy atom. The molecule has 1 aliphatic carbocycles. The number of rotatable bonds is 0. The van der Waals surface area contributed by atoms with Crippen LogP contribution in [0.15, 0.2) is 11.6 Å². The fourth-order valence-corrected chi connectivity index (χ4v) is 2.26. The Morgan fingerprint density at radius 2 is 1.64 bits per heavy atom. The Kier molecular flexibility index (Phi) is 3.13. The van der Waals surface area contributed by atoms with Gasteiger partial charge in [-0.25, -0.2) is 0 Å². The van der Waals surface area contributed by atoms with Gasteiger partial charge in [0.2, 0.25) is 0 Å². The molecule has 0 saturated heterocycles. The lowest BCUT2D eigenvalue weighted by atomic mass is 9.68. The van der Waals surface area contributed by atoms with Gasteiger partial charge in [-0.1, -0.05) is 53.2 Å². The van der Waals surface area contributed by atoms with Crippen molar-refractivity contribution in [3.8, 4) is 0 Å². The van der Waals surface area contributed by atoms with Gasteiger partial charge in [0.05, 0.1) is 0 Å². The minimum Gasteiger partial charge on any atom is -0.0848 e. The number of allylic oxidation sites excluding steroid dienone is 2. The van der Waals surface area contributed by atoms with E-state index in [0.717, 1.165) is 5.92 Å². The average molecular weight is 194 g/mol. The van der Waals surface area contributed by atoms with Crippen LogP contribution in [-0.4, -0.2) is 0 Å². The molecule has 0 aromatic carbocycles. The van der Waals surface area contributed by atoms with E-state index in [2.05, 4.69) is 47.6 Å². The summed E-state index contributed by atoms with van der Waals surface area (Å²) >= 11 is 0. The SMILES string of the molecule is CC(C)(C)C1=CCCC(C(C)(C)C)C1. The van der Waals surface area contributed by atoms with Crippen molar-refractivity contribution in [3.05, 3.63) is 11.6 Å². The first kappa shape index (κ1) is 11.8. The van der Waals surface area contributed by atoms with E-state index >= 15 is 0 Å². The minimum absolute atomic E-state index is 0.379. The summed E-state index contributed by atoms with van der Waals surface area (Å²) in [7, 11) is 0. The van der Waals surface area contributed by atoms with E-state index in [-0.39, 0.29) is 0 Å². The Morgan fingerprint density at radius 1 is 1.07 bits per heavy atom. The highest BCUT2D eigenvalue weighted by Crippen LogP contribution is 2.42. The molecule has 1 aliphatic rings. The van der Waals surface area contributed by atoms with E-state index in [1.54, 1.807) is 5.57 Å². The predicted octanol–water partition coefficient (Wildman–Crippen LogP) is 4.81. The van der Waals surface area contributed by atoms with Crippen molar-refractivity contribution in [2.75, 3.05) is 0 Å². The molecule has 0 N–H and O–H groups in total. The van der Waals surface area contributed by atoms with Crippen molar-refractivity contribution in [2.45, 2.75) is 60.8 Å². The van der Waals surface area contributed by atoms with Crippen LogP contribution >= 0.6 is 0 Å². The predicted molar refractivity (Wildman–Crippen MR) is 64.3 cm³/mol. The highest BCUT2D eigenvalue weighted by molar-refractivity contribution is 5.15. The molecular formula is C14H26.